The van der Waals surface area contributed by atoms with Gasteiger partial charge in [0.05, 0.1) is 5.52 Å². The van der Waals surface area contributed by atoms with Gasteiger partial charge in [0.1, 0.15) is 0 Å². The van der Waals surface area contributed by atoms with Crippen LogP contribution in [0.4, 0.5) is 0 Å². The van der Waals surface area contributed by atoms with Crippen LogP contribution in [0.2, 0.25) is 0 Å². The standard InChI is InChI=1S/C11H13NO2S/c13-11-12(7-3-4-8-15)9-5-1-2-6-10(9)14-11/h1-2,5-6,15H,3-4,7-8H2. The van der Waals surface area contributed by atoms with E-state index in [1.165, 1.54) is 0 Å². The van der Waals surface area contributed by atoms with Crippen molar-refractivity contribution in [2.24, 2.45) is 0 Å². The Balaban J connectivity index is 2.33. The molecule has 1 aromatic carbocycles. The quantitative estimate of drug-likeness (QED) is 0.637. The van der Waals surface area contributed by atoms with Gasteiger partial charge in [-0.15, -0.1) is 0 Å². The van der Waals surface area contributed by atoms with Gasteiger partial charge in [0.25, 0.3) is 0 Å². The normalized spacial score (nSPS) is 11.0. The Labute approximate surface area is 93.1 Å². The van der Waals surface area contributed by atoms with Gasteiger partial charge in [0.2, 0.25) is 0 Å². The predicted octanol–water partition coefficient (Wildman–Crippen LogP) is 2.30. The zero-order chi connectivity index (χ0) is 10.7. The highest BCUT2D eigenvalue weighted by molar-refractivity contribution is 7.80. The molecule has 0 spiro atoms. The smallest absolute Gasteiger partial charge is 0.408 e. The summed E-state index contributed by atoms with van der Waals surface area (Å²) in [7, 11) is 0. The average molecular weight is 223 g/mol. The van der Waals surface area contributed by atoms with Gasteiger partial charge in [-0.05, 0) is 30.7 Å². The first-order valence-corrected chi connectivity index (χ1v) is 5.65. The number of oxazole rings is 1. The monoisotopic (exact) mass is 223 g/mol. The molecule has 0 amide bonds. The Morgan fingerprint density at radius 3 is 2.87 bits per heavy atom. The fourth-order valence-electron chi connectivity index (χ4n) is 1.61. The lowest BCUT2D eigenvalue weighted by atomic mass is 10.3. The van der Waals surface area contributed by atoms with Crippen LogP contribution in [0.3, 0.4) is 0 Å². The topological polar surface area (TPSA) is 35.1 Å². The van der Waals surface area contributed by atoms with Crippen LogP contribution < -0.4 is 5.76 Å². The van der Waals surface area contributed by atoms with Gasteiger partial charge < -0.3 is 4.42 Å². The van der Waals surface area contributed by atoms with Crippen LogP contribution in [0.25, 0.3) is 11.1 Å². The van der Waals surface area contributed by atoms with E-state index < -0.39 is 0 Å². The summed E-state index contributed by atoms with van der Waals surface area (Å²) in [6.45, 7) is 0.705. The number of unbranched alkanes of at least 4 members (excludes halogenated alkanes) is 1. The number of hydrogen-bond acceptors (Lipinski definition) is 3. The minimum Gasteiger partial charge on any atom is -0.408 e. The molecular formula is C11H13NO2S. The van der Waals surface area contributed by atoms with Crippen molar-refractivity contribution in [3.05, 3.63) is 34.8 Å². The second-order valence-corrected chi connectivity index (χ2v) is 3.87. The Hall–Kier alpha value is -1.16. The van der Waals surface area contributed by atoms with Crippen LogP contribution in [-0.4, -0.2) is 10.3 Å². The number of thiol groups is 1. The van der Waals surface area contributed by atoms with Gasteiger partial charge in [-0.1, -0.05) is 12.1 Å². The maximum Gasteiger partial charge on any atom is 0.419 e. The van der Waals surface area contributed by atoms with E-state index in [-0.39, 0.29) is 5.76 Å². The Bertz CT molecular complexity index is 501. The lowest BCUT2D eigenvalue weighted by molar-refractivity contribution is 0.496. The molecule has 0 bridgehead atoms. The molecule has 0 radical (unpaired) electrons. The van der Waals surface area contributed by atoms with Gasteiger partial charge in [0, 0.05) is 6.54 Å². The van der Waals surface area contributed by atoms with E-state index in [2.05, 4.69) is 12.6 Å². The maximum absolute atomic E-state index is 11.5. The molecule has 0 unspecified atom stereocenters. The number of benzene rings is 1. The minimum absolute atomic E-state index is 0.268. The van der Waals surface area contributed by atoms with E-state index in [1.54, 1.807) is 4.57 Å². The molecule has 1 aromatic heterocycles. The first-order valence-electron chi connectivity index (χ1n) is 5.02. The number of hydrogen-bond donors (Lipinski definition) is 1. The number of rotatable bonds is 4. The van der Waals surface area contributed by atoms with Gasteiger partial charge >= 0.3 is 5.76 Å². The van der Waals surface area contributed by atoms with Crippen LogP contribution in [-0.2, 0) is 6.54 Å². The summed E-state index contributed by atoms with van der Waals surface area (Å²) in [6, 6.07) is 7.49. The van der Waals surface area contributed by atoms with Crippen LogP contribution >= 0.6 is 12.6 Å². The molecule has 0 N–H and O–H groups in total. The second-order valence-electron chi connectivity index (χ2n) is 3.42. The van der Waals surface area contributed by atoms with Crippen molar-refractivity contribution in [2.75, 3.05) is 5.75 Å². The third-order valence-electron chi connectivity index (χ3n) is 2.36. The highest BCUT2D eigenvalue weighted by atomic mass is 32.1. The molecule has 2 aromatic rings. The fraction of sp³-hybridized carbons (Fsp3) is 0.364. The molecule has 0 atom stereocenters. The van der Waals surface area contributed by atoms with Crippen molar-refractivity contribution in [3.8, 4) is 0 Å². The minimum atomic E-state index is -0.268. The van der Waals surface area contributed by atoms with Gasteiger partial charge in [-0.3, -0.25) is 4.57 Å². The number of nitrogens with zero attached hydrogens (tertiary/aromatic N) is 1. The Morgan fingerprint density at radius 1 is 1.27 bits per heavy atom. The van der Waals surface area contributed by atoms with E-state index in [0.29, 0.717) is 12.1 Å². The van der Waals surface area contributed by atoms with Crippen molar-refractivity contribution in [2.45, 2.75) is 19.4 Å². The van der Waals surface area contributed by atoms with Gasteiger partial charge in [-0.2, -0.15) is 12.6 Å². The molecule has 4 heteroatoms. The molecule has 0 aliphatic rings. The third-order valence-corrected chi connectivity index (χ3v) is 2.68. The summed E-state index contributed by atoms with van der Waals surface area (Å²) >= 11 is 4.14. The van der Waals surface area contributed by atoms with E-state index in [9.17, 15) is 4.79 Å². The van der Waals surface area contributed by atoms with E-state index in [4.69, 9.17) is 4.42 Å². The number of fused-ring (bicyclic) bond motifs is 1. The molecule has 0 saturated carbocycles. The van der Waals surface area contributed by atoms with E-state index in [1.807, 2.05) is 24.3 Å². The highest BCUT2D eigenvalue weighted by Gasteiger charge is 2.06. The van der Waals surface area contributed by atoms with Crippen molar-refractivity contribution >= 4 is 23.7 Å². The molecule has 0 saturated heterocycles. The van der Waals surface area contributed by atoms with Crippen molar-refractivity contribution in [1.29, 1.82) is 0 Å². The summed E-state index contributed by atoms with van der Waals surface area (Å²) in [6.07, 6.45) is 1.96. The molecule has 80 valence electrons. The predicted molar refractivity (Wildman–Crippen MR) is 63.6 cm³/mol. The summed E-state index contributed by atoms with van der Waals surface area (Å²) in [4.78, 5) is 11.5. The summed E-state index contributed by atoms with van der Waals surface area (Å²) < 4.78 is 6.80. The molecule has 15 heavy (non-hydrogen) atoms. The van der Waals surface area contributed by atoms with Crippen molar-refractivity contribution in [1.82, 2.24) is 4.57 Å². The first-order chi connectivity index (χ1) is 7.33. The summed E-state index contributed by atoms with van der Waals surface area (Å²) in [5.74, 6) is 0.584. The zero-order valence-corrected chi connectivity index (χ0v) is 9.24. The molecule has 0 fully saturated rings. The average Bonchev–Trinajstić information content (AvgIpc) is 2.56. The first kappa shape index (κ1) is 10.4. The van der Waals surface area contributed by atoms with Crippen LogP contribution in [0, 0.1) is 0 Å². The Morgan fingerprint density at radius 2 is 2.07 bits per heavy atom. The van der Waals surface area contributed by atoms with Crippen LogP contribution in [0.1, 0.15) is 12.8 Å². The number of aromatic nitrogens is 1. The van der Waals surface area contributed by atoms with Crippen LogP contribution in [0.5, 0.6) is 0 Å². The summed E-state index contributed by atoms with van der Waals surface area (Å²) in [5.41, 5.74) is 1.54. The lowest BCUT2D eigenvalue weighted by Gasteiger charge is -1.99. The second kappa shape index (κ2) is 4.57. The zero-order valence-electron chi connectivity index (χ0n) is 8.35. The van der Waals surface area contributed by atoms with E-state index >= 15 is 0 Å². The molecule has 3 nitrogen and oxygen atoms in total. The largest absolute Gasteiger partial charge is 0.419 e. The lowest BCUT2D eigenvalue weighted by Crippen LogP contribution is -2.14. The molecule has 1 heterocycles. The highest BCUT2D eigenvalue weighted by Crippen LogP contribution is 2.12. The fourth-order valence-corrected chi connectivity index (χ4v) is 1.83. The van der Waals surface area contributed by atoms with Crippen molar-refractivity contribution < 1.29 is 4.42 Å². The van der Waals surface area contributed by atoms with Gasteiger partial charge in [-0.25, -0.2) is 4.79 Å². The van der Waals surface area contributed by atoms with Crippen molar-refractivity contribution in [3.63, 3.8) is 0 Å². The summed E-state index contributed by atoms with van der Waals surface area (Å²) in [5, 5.41) is 0. The third kappa shape index (κ3) is 2.09. The molecular weight excluding hydrogens is 210 g/mol. The number of aryl methyl sites for hydroxylation is 1. The van der Waals surface area contributed by atoms with Gasteiger partial charge in [0.15, 0.2) is 5.58 Å². The Kier molecular flexibility index (Phi) is 3.16. The number of para-hydroxylation sites is 2. The van der Waals surface area contributed by atoms with Crippen LogP contribution in [0.15, 0.2) is 33.5 Å². The molecule has 0 aliphatic heterocycles. The molecule has 2 rings (SSSR count). The maximum atomic E-state index is 11.5. The van der Waals surface area contributed by atoms with E-state index in [0.717, 1.165) is 24.1 Å². The SMILES string of the molecule is O=c1oc2ccccc2n1CCCCS. The molecule has 0 aliphatic carbocycles.